The zero-order valence-corrected chi connectivity index (χ0v) is 12.9. The number of unbranched alkanes of at least 4 members (excludes halogenated alkanes) is 1. The summed E-state index contributed by atoms with van der Waals surface area (Å²) < 4.78 is 27.6. The van der Waals surface area contributed by atoms with Crippen LogP contribution in [0, 0.1) is 0 Å². The van der Waals surface area contributed by atoms with E-state index in [1.807, 2.05) is 30.3 Å². The first-order valence-electron chi connectivity index (χ1n) is 7.12. The summed E-state index contributed by atoms with van der Waals surface area (Å²) in [4.78, 5) is 3.93. The predicted molar refractivity (Wildman–Crippen MR) is 83.3 cm³/mol. The fraction of sp³-hybridized carbons (Fsp3) is 0.312. The third kappa shape index (κ3) is 4.37. The number of benzene rings is 1. The van der Waals surface area contributed by atoms with E-state index in [4.69, 9.17) is 0 Å². The second kappa shape index (κ2) is 7.33. The third-order valence-corrected chi connectivity index (χ3v) is 4.65. The van der Waals surface area contributed by atoms with Crippen molar-refractivity contribution >= 4 is 10.0 Å². The van der Waals surface area contributed by atoms with E-state index in [1.165, 1.54) is 12.3 Å². The number of pyridine rings is 1. The molecule has 1 heterocycles. The quantitative estimate of drug-likeness (QED) is 0.854. The molecule has 1 aromatic heterocycles. The summed E-state index contributed by atoms with van der Waals surface area (Å²) in [5.74, 6) is 0. The molecular weight excluding hydrogens is 284 g/mol. The van der Waals surface area contributed by atoms with Crippen molar-refractivity contribution in [3.8, 4) is 0 Å². The molecule has 4 nitrogen and oxygen atoms in total. The van der Waals surface area contributed by atoms with E-state index in [9.17, 15) is 8.42 Å². The van der Waals surface area contributed by atoms with Crippen molar-refractivity contribution in [2.24, 2.45) is 0 Å². The molecule has 0 unspecified atom stereocenters. The van der Waals surface area contributed by atoms with Gasteiger partial charge < -0.3 is 0 Å². The molecule has 0 amide bonds. The van der Waals surface area contributed by atoms with Crippen molar-refractivity contribution in [3.05, 3.63) is 60.3 Å². The highest BCUT2D eigenvalue weighted by Gasteiger charge is 2.21. The standard InChI is InChI=1S/C16H20N2O2S/c1-2-3-11-15(14-9-5-4-6-10-14)18-21(19,20)16-12-7-8-13-17-16/h4-10,12-13,15,18H,2-3,11H2,1H3/t15-/m1/s1. The number of hydrogen-bond acceptors (Lipinski definition) is 3. The van der Waals surface area contributed by atoms with Crippen LogP contribution in [0.4, 0.5) is 0 Å². The molecular formula is C16H20N2O2S. The fourth-order valence-corrected chi connectivity index (χ4v) is 3.35. The SMILES string of the molecule is CCCC[C@@H](NS(=O)(=O)c1ccccn1)c1ccccc1. The average molecular weight is 304 g/mol. The third-order valence-electron chi connectivity index (χ3n) is 3.26. The lowest BCUT2D eigenvalue weighted by molar-refractivity contribution is 0.523. The van der Waals surface area contributed by atoms with Crippen molar-refractivity contribution < 1.29 is 8.42 Å². The van der Waals surface area contributed by atoms with Gasteiger partial charge in [-0.15, -0.1) is 0 Å². The van der Waals surface area contributed by atoms with Crippen molar-refractivity contribution in [1.29, 1.82) is 0 Å². The monoisotopic (exact) mass is 304 g/mol. The first-order valence-corrected chi connectivity index (χ1v) is 8.60. The van der Waals surface area contributed by atoms with Crippen LogP contribution in [-0.4, -0.2) is 13.4 Å². The number of sulfonamides is 1. The summed E-state index contributed by atoms with van der Waals surface area (Å²) in [6.45, 7) is 2.09. The zero-order valence-electron chi connectivity index (χ0n) is 12.1. The summed E-state index contributed by atoms with van der Waals surface area (Å²) in [5.41, 5.74) is 0.977. The highest BCUT2D eigenvalue weighted by molar-refractivity contribution is 7.89. The minimum atomic E-state index is -3.60. The Balaban J connectivity index is 2.23. The average Bonchev–Trinajstić information content (AvgIpc) is 2.53. The molecule has 0 aliphatic rings. The summed E-state index contributed by atoms with van der Waals surface area (Å²) in [6.07, 6.45) is 4.24. The largest absolute Gasteiger partial charge is 0.258 e. The number of aromatic nitrogens is 1. The summed E-state index contributed by atoms with van der Waals surface area (Å²) in [5, 5.41) is 0.0578. The van der Waals surface area contributed by atoms with Crippen LogP contribution >= 0.6 is 0 Å². The molecule has 0 bridgehead atoms. The van der Waals surface area contributed by atoms with Gasteiger partial charge in [-0.05, 0) is 24.1 Å². The highest BCUT2D eigenvalue weighted by atomic mass is 32.2. The molecule has 0 saturated carbocycles. The number of rotatable bonds is 7. The highest BCUT2D eigenvalue weighted by Crippen LogP contribution is 2.21. The molecule has 0 saturated heterocycles. The van der Waals surface area contributed by atoms with Gasteiger partial charge >= 0.3 is 0 Å². The van der Waals surface area contributed by atoms with Gasteiger partial charge in [-0.3, -0.25) is 0 Å². The molecule has 112 valence electrons. The number of hydrogen-bond donors (Lipinski definition) is 1. The topological polar surface area (TPSA) is 59.1 Å². The van der Waals surface area contributed by atoms with Crippen molar-refractivity contribution in [2.45, 2.75) is 37.3 Å². The Bertz CT molecular complexity index is 642. The van der Waals surface area contributed by atoms with Gasteiger partial charge in [-0.2, -0.15) is 0 Å². The molecule has 0 aliphatic heterocycles. The van der Waals surface area contributed by atoms with Crippen LogP contribution in [-0.2, 0) is 10.0 Å². The first kappa shape index (κ1) is 15.7. The van der Waals surface area contributed by atoms with E-state index < -0.39 is 10.0 Å². The van der Waals surface area contributed by atoms with Crippen LogP contribution in [0.15, 0.2) is 59.8 Å². The summed E-state index contributed by atoms with van der Waals surface area (Å²) >= 11 is 0. The van der Waals surface area contributed by atoms with Crippen LogP contribution in [0.3, 0.4) is 0 Å². The molecule has 1 aromatic carbocycles. The Hall–Kier alpha value is -1.72. The van der Waals surface area contributed by atoms with Crippen molar-refractivity contribution in [1.82, 2.24) is 9.71 Å². The van der Waals surface area contributed by atoms with Crippen molar-refractivity contribution in [3.63, 3.8) is 0 Å². The minimum absolute atomic E-state index is 0.0578. The molecule has 5 heteroatoms. The summed E-state index contributed by atoms with van der Waals surface area (Å²) in [6, 6.07) is 14.3. The molecule has 2 rings (SSSR count). The van der Waals surface area contributed by atoms with Gasteiger partial charge in [-0.1, -0.05) is 56.2 Å². The summed E-state index contributed by atoms with van der Waals surface area (Å²) in [7, 11) is -3.60. The molecule has 0 fully saturated rings. The van der Waals surface area contributed by atoms with Crippen LogP contribution in [0.1, 0.15) is 37.8 Å². The Kier molecular flexibility index (Phi) is 5.47. The second-order valence-electron chi connectivity index (χ2n) is 4.89. The van der Waals surface area contributed by atoms with E-state index in [0.29, 0.717) is 0 Å². The van der Waals surface area contributed by atoms with Gasteiger partial charge in [-0.25, -0.2) is 18.1 Å². The molecule has 2 aromatic rings. The first-order chi connectivity index (χ1) is 10.1. The fourth-order valence-electron chi connectivity index (χ4n) is 2.14. The van der Waals surface area contributed by atoms with Gasteiger partial charge in [0.05, 0.1) is 0 Å². The number of nitrogens with one attached hydrogen (secondary N) is 1. The van der Waals surface area contributed by atoms with E-state index in [-0.39, 0.29) is 11.1 Å². The Morgan fingerprint density at radius 1 is 1.10 bits per heavy atom. The molecule has 0 radical (unpaired) electrons. The maximum atomic E-state index is 12.4. The van der Waals surface area contributed by atoms with Crippen LogP contribution in [0.5, 0.6) is 0 Å². The van der Waals surface area contributed by atoms with Gasteiger partial charge in [0.1, 0.15) is 0 Å². The van der Waals surface area contributed by atoms with E-state index >= 15 is 0 Å². The van der Waals surface area contributed by atoms with E-state index in [0.717, 1.165) is 24.8 Å². The molecule has 0 spiro atoms. The lowest BCUT2D eigenvalue weighted by Crippen LogP contribution is -2.29. The van der Waals surface area contributed by atoms with Gasteiger partial charge in [0.25, 0.3) is 10.0 Å². The maximum Gasteiger partial charge on any atom is 0.258 e. The Morgan fingerprint density at radius 3 is 2.43 bits per heavy atom. The van der Waals surface area contributed by atoms with Gasteiger partial charge in [0.2, 0.25) is 0 Å². The predicted octanol–water partition coefficient (Wildman–Crippen LogP) is 3.29. The van der Waals surface area contributed by atoms with Crippen LogP contribution < -0.4 is 4.72 Å². The minimum Gasteiger partial charge on any atom is -0.243 e. The van der Waals surface area contributed by atoms with Crippen molar-refractivity contribution in [2.75, 3.05) is 0 Å². The smallest absolute Gasteiger partial charge is 0.243 e. The van der Waals surface area contributed by atoms with Gasteiger partial charge in [0.15, 0.2) is 5.03 Å². The molecule has 0 aliphatic carbocycles. The zero-order chi connectivity index (χ0) is 15.1. The Labute approximate surface area is 126 Å². The lowest BCUT2D eigenvalue weighted by atomic mass is 10.0. The molecule has 21 heavy (non-hydrogen) atoms. The normalized spacial score (nSPS) is 13.0. The number of nitrogens with zero attached hydrogens (tertiary/aromatic N) is 1. The van der Waals surface area contributed by atoms with Crippen LogP contribution in [0.2, 0.25) is 0 Å². The van der Waals surface area contributed by atoms with E-state index in [2.05, 4.69) is 16.6 Å². The second-order valence-corrected chi connectivity index (χ2v) is 6.56. The van der Waals surface area contributed by atoms with Gasteiger partial charge in [0, 0.05) is 12.2 Å². The Morgan fingerprint density at radius 2 is 1.81 bits per heavy atom. The molecule has 1 atom stereocenters. The van der Waals surface area contributed by atoms with E-state index in [1.54, 1.807) is 12.1 Å². The molecule has 1 N–H and O–H groups in total. The maximum absolute atomic E-state index is 12.4. The van der Waals surface area contributed by atoms with Crippen LogP contribution in [0.25, 0.3) is 0 Å². The lowest BCUT2D eigenvalue weighted by Gasteiger charge is -2.18.